The maximum Gasteiger partial charge on any atom is 0.241 e. The number of nitrogens with zero attached hydrogens (tertiary/aromatic N) is 4. The van der Waals surface area contributed by atoms with Crippen LogP contribution in [-0.2, 0) is 11.3 Å². The molecule has 1 aromatic carbocycles. The third-order valence-corrected chi connectivity index (χ3v) is 7.19. The van der Waals surface area contributed by atoms with E-state index in [-0.39, 0.29) is 11.8 Å². The lowest BCUT2D eigenvalue weighted by atomic mass is 9.97. The van der Waals surface area contributed by atoms with Gasteiger partial charge in [0.1, 0.15) is 5.75 Å². The van der Waals surface area contributed by atoms with Gasteiger partial charge in [0.05, 0.1) is 19.6 Å². The van der Waals surface area contributed by atoms with Gasteiger partial charge >= 0.3 is 0 Å². The van der Waals surface area contributed by atoms with E-state index in [1.165, 1.54) is 32.2 Å². The van der Waals surface area contributed by atoms with Crippen LogP contribution in [0.15, 0.2) is 28.8 Å². The Morgan fingerprint density at radius 3 is 2.82 bits per heavy atom. The zero-order valence-electron chi connectivity index (χ0n) is 20.7. The largest absolute Gasteiger partial charge is 0.497 e. The van der Waals surface area contributed by atoms with E-state index in [1.54, 1.807) is 7.11 Å². The van der Waals surface area contributed by atoms with Crippen LogP contribution in [0.1, 0.15) is 57.8 Å². The SMILES string of the molecule is CCC1CCCCN1CCCNC(=O)C1CCCN(Cc2nc(-c3ccc(OC)cc3)no2)C1. The summed E-state index contributed by atoms with van der Waals surface area (Å²) in [5, 5.41) is 7.31. The number of likely N-dealkylation sites (tertiary alicyclic amines) is 2. The Morgan fingerprint density at radius 1 is 1.18 bits per heavy atom. The third kappa shape index (κ3) is 6.57. The fourth-order valence-electron chi connectivity index (χ4n) is 5.24. The Balaban J connectivity index is 1.21. The molecule has 0 spiro atoms. The number of hydrogen-bond donors (Lipinski definition) is 1. The Bertz CT molecular complexity index is 900. The Morgan fingerprint density at radius 2 is 2.03 bits per heavy atom. The fourth-order valence-corrected chi connectivity index (χ4v) is 5.24. The zero-order valence-corrected chi connectivity index (χ0v) is 20.7. The topological polar surface area (TPSA) is 83.7 Å². The monoisotopic (exact) mass is 469 g/mol. The van der Waals surface area contributed by atoms with Crippen molar-refractivity contribution in [3.63, 3.8) is 0 Å². The molecule has 0 radical (unpaired) electrons. The highest BCUT2D eigenvalue weighted by Gasteiger charge is 2.27. The van der Waals surface area contributed by atoms with E-state index in [1.807, 2.05) is 24.3 Å². The summed E-state index contributed by atoms with van der Waals surface area (Å²) >= 11 is 0. The van der Waals surface area contributed by atoms with Crippen molar-refractivity contribution in [3.8, 4) is 17.1 Å². The molecule has 1 amide bonds. The predicted molar refractivity (Wildman–Crippen MR) is 131 cm³/mol. The molecular weight excluding hydrogens is 430 g/mol. The van der Waals surface area contributed by atoms with Gasteiger partial charge in [-0.15, -0.1) is 0 Å². The van der Waals surface area contributed by atoms with Crippen molar-refractivity contribution >= 4 is 5.91 Å². The van der Waals surface area contributed by atoms with E-state index < -0.39 is 0 Å². The average molecular weight is 470 g/mol. The molecule has 2 saturated heterocycles. The van der Waals surface area contributed by atoms with Gasteiger partial charge in [0.25, 0.3) is 0 Å². The zero-order chi connectivity index (χ0) is 23.8. The van der Waals surface area contributed by atoms with Crippen LogP contribution >= 0.6 is 0 Å². The number of carbonyl (C=O) groups is 1. The molecule has 3 heterocycles. The smallest absolute Gasteiger partial charge is 0.241 e. The lowest BCUT2D eigenvalue weighted by Gasteiger charge is -2.35. The van der Waals surface area contributed by atoms with Crippen molar-refractivity contribution in [2.75, 3.05) is 39.8 Å². The third-order valence-electron chi connectivity index (χ3n) is 7.19. The molecule has 0 aliphatic carbocycles. The van der Waals surface area contributed by atoms with Gasteiger partial charge in [-0.3, -0.25) is 9.69 Å². The van der Waals surface area contributed by atoms with Crippen LogP contribution < -0.4 is 10.1 Å². The van der Waals surface area contributed by atoms with Crippen molar-refractivity contribution in [2.24, 2.45) is 5.92 Å². The van der Waals surface area contributed by atoms with Crippen LogP contribution in [0.25, 0.3) is 11.4 Å². The van der Waals surface area contributed by atoms with E-state index in [0.29, 0.717) is 18.3 Å². The summed E-state index contributed by atoms with van der Waals surface area (Å²) in [6.45, 7) is 7.59. The maximum absolute atomic E-state index is 12.8. The molecule has 34 heavy (non-hydrogen) atoms. The number of methoxy groups -OCH3 is 1. The minimum atomic E-state index is 0.0242. The number of carbonyl (C=O) groups excluding carboxylic acids is 1. The van der Waals surface area contributed by atoms with E-state index in [4.69, 9.17) is 9.26 Å². The lowest BCUT2D eigenvalue weighted by molar-refractivity contribution is -0.126. The molecule has 2 aromatic rings. The van der Waals surface area contributed by atoms with Gasteiger partial charge in [0, 0.05) is 31.2 Å². The van der Waals surface area contributed by atoms with Crippen molar-refractivity contribution in [3.05, 3.63) is 30.2 Å². The molecule has 1 N–H and O–H groups in total. The van der Waals surface area contributed by atoms with Crippen molar-refractivity contribution < 1.29 is 14.1 Å². The summed E-state index contributed by atoms with van der Waals surface area (Å²) in [7, 11) is 1.64. The molecule has 8 nitrogen and oxygen atoms in total. The van der Waals surface area contributed by atoms with Crippen LogP contribution in [0.2, 0.25) is 0 Å². The summed E-state index contributed by atoms with van der Waals surface area (Å²) in [6.07, 6.45) is 8.18. The first-order chi connectivity index (χ1) is 16.7. The quantitative estimate of drug-likeness (QED) is 0.531. The number of ether oxygens (including phenoxy) is 1. The average Bonchev–Trinajstić information content (AvgIpc) is 3.35. The number of nitrogens with one attached hydrogen (secondary N) is 1. The first kappa shape index (κ1) is 24.7. The molecule has 1 aromatic heterocycles. The van der Waals surface area contributed by atoms with Gasteiger partial charge in [0.15, 0.2) is 0 Å². The molecule has 2 unspecified atom stereocenters. The van der Waals surface area contributed by atoms with Gasteiger partial charge in [-0.2, -0.15) is 4.98 Å². The molecule has 2 aliphatic rings. The molecular formula is C26H39N5O3. The number of rotatable bonds is 10. The van der Waals surface area contributed by atoms with Gasteiger partial charge in [-0.1, -0.05) is 18.5 Å². The highest BCUT2D eigenvalue weighted by molar-refractivity contribution is 5.78. The summed E-state index contributed by atoms with van der Waals surface area (Å²) in [6, 6.07) is 8.33. The summed E-state index contributed by atoms with van der Waals surface area (Å²) in [5.41, 5.74) is 0.890. The van der Waals surface area contributed by atoms with E-state index in [9.17, 15) is 4.79 Å². The molecule has 2 atom stereocenters. The minimum absolute atomic E-state index is 0.0242. The second-order valence-corrected chi connectivity index (χ2v) is 9.55. The molecule has 2 fully saturated rings. The number of amides is 1. The Labute approximate surface area is 203 Å². The lowest BCUT2D eigenvalue weighted by Crippen LogP contribution is -2.44. The summed E-state index contributed by atoms with van der Waals surface area (Å²) in [5.74, 6) is 2.15. The molecule has 2 aliphatic heterocycles. The highest BCUT2D eigenvalue weighted by Crippen LogP contribution is 2.22. The number of aromatic nitrogens is 2. The summed E-state index contributed by atoms with van der Waals surface area (Å²) in [4.78, 5) is 22.2. The minimum Gasteiger partial charge on any atom is -0.497 e. The number of hydrogen-bond acceptors (Lipinski definition) is 7. The Hall–Kier alpha value is -2.45. The van der Waals surface area contributed by atoms with Crippen molar-refractivity contribution in [1.29, 1.82) is 0 Å². The van der Waals surface area contributed by atoms with Crippen LogP contribution in [0.3, 0.4) is 0 Å². The maximum atomic E-state index is 12.8. The van der Waals surface area contributed by atoms with Crippen LogP contribution in [0.5, 0.6) is 5.75 Å². The van der Waals surface area contributed by atoms with Crippen LogP contribution in [0, 0.1) is 5.92 Å². The Kier molecular flexibility index (Phi) is 8.93. The summed E-state index contributed by atoms with van der Waals surface area (Å²) < 4.78 is 10.7. The van der Waals surface area contributed by atoms with Crippen molar-refractivity contribution in [1.82, 2.24) is 25.3 Å². The van der Waals surface area contributed by atoms with E-state index in [0.717, 1.165) is 62.8 Å². The molecule has 0 saturated carbocycles. The van der Waals surface area contributed by atoms with Crippen LogP contribution in [-0.4, -0.2) is 71.7 Å². The normalized spacial score (nSPS) is 21.9. The molecule has 4 rings (SSSR count). The van der Waals surface area contributed by atoms with Crippen LogP contribution in [0.4, 0.5) is 0 Å². The van der Waals surface area contributed by atoms with Gasteiger partial charge < -0.3 is 19.5 Å². The molecule has 186 valence electrons. The highest BCUT2D eigenvalue weighted by atomic mass is 16.5. The fraction of sp³-hybridized carbons (Fsp3) is 0.654. The second kappa shape index (κ2) is 12.3. The van der Waals surface area contributed by atoms with Gasteiger partial charge in [-0.05, 0) is 75.9 Å². The molecule has 8 heteroatoms. The van der Waals surface area contributed by atoms with Gasteiger partial charge in [-0.25, -0.2) is 0 Å². The van der Waals surface area contributed by atoms with E-state index in [2.05, 4.69) is 32.2 Å². The first-order valence-corrected chi connectivity index (χ1v) is 12.9. The number of benzene rings is 1. The second-order valence-electron chi connectivity index (χ2n) is 9.55. The first-order valence-electron chi connectivity index (χ1n) is 12.9. The number of piperidine rings is 2. The predicted octanol–water partition coefficient (Wildman–Crippen LogP) is 3.73. The standard InChI is InChI=1S/C26H39N5O3/c1-3-22-9-4-5-16-31(22)17-7-14-27-26(32)21-8-6-15-30(18-21)19-24-28-25(29-34-24)20-10-12-23(33-2)13-11-20/h10-13,21-22H,3-9,14-19H2,1-2H3,(H,27,32). The molecule has 0 bridgehead atoms. The van der Waals surface area contributed by atoms with Gasteiger partial charge in [0.2, 0.25) is 17.6 Å². The van der Waals surface area contributed by atoms with Crippen molar-refractivity contribution in [2.45, 2.75) is 64.5 Å². The van der Waals surface area contributed by atoms with E-state index >= 15 is 0 Å².